The molecule has 4 aromatic carbocycles. The molecule has 16 aliphatic rings. The SMILES string of the molecule is COc1cc(O)ccc1CNC12CC3CC(CC(C3)C1)C2.Cc1c(O)cccc1CNC12CC3CC(CC(C3)C1)C2.Cc1cc(F)ccc1CNC12CC3CC(CC(C3)C1)C2.Cc1cc(O)ccc1CNC12CC3CC(CC(C3)C1)C2. The molecule has 0 radical (unpaired) electrons. The summed E-state index contributed by atoms with van der Waals surface area (Å²) in [4.78, 5) is 0. The summed E-state index contributed by atoms with van der Waals surface area (Å²) < 4.78 is 18.6. The van der Waals surface area contributed by atoms with E-state index in [1.807, 2.05) is 44.2 Å². The number of hydrogen-bond acceptors (Lipinski definition) is 8. The summed E-state index contributed by atoms with van der Waals surface area (Å²) in [6, 6.07) is 22.2. The Kier molecular flexibility index (Phi) is 15.7. The number of benzene rings is 4. The summed E-state index contributed by atoms with van der Waals surface area (Å²) >= 11 is 0. The maximum absolute atomic E-state index is 13.2. The van der Waals surface area contributed by atoms with Crippen LogP contribution in [0.2, 0.25) is 0 Å². The molecule has 0 atom stereocenters. The van der Waals surface area contributed by atoms with Crippen molar-refractivity contribution < 1.29 is 24.4 Å². The van der Waals surface area contributed by atoms with Crippen molar-refractivity contribution in [1.82, 2.24) is 21.3 Å². The van der Waals surface area contributed by atoms with E-state index in [0.717, 1.165) is 120 Å². The largest absolute Gasteiger partial charge is 0.508 e. The first-order valence-corrected chi connectivity index (χ1v) is 32.7. The van der Waals surface area contributed by atoms with E-state index in [9.17, 15) is 19.7 Å². The first kappa shape index (κ1) is 56.0. The highest BCUT2D eigenvalue weighted by molar-refractivity contribution is 5.41. The molecule has 0 saturated heterocycles. The van der Waals surface area contributed by atoms with E-state index in [1.54, 1.807) is 37.4 Å². The molecule has 20 rings (SSSR count). The van der Waals surface area contributed by atoms with E-state index >= 15 is 0 Å². The Bertz CT molecular complexity index is 2640. The van der Waals surface area contributed by atoms with Gasteiger partial charge in [-0.3, -0.25) is 0 Å². The van der Waals surface area contributed by atoms with E-state index in [4.69, 9.17) is 4.74 Å². The minimum atomic E-state index is -0.124. The second kappa shape index (κ2) is 22.7. The predicted octanol–water partition coefficient (Wildman–Crippen LogP) is 15.2. The van der Waals surface area contributed by atoms with Crippen molar-refractivity contribution in [1.29, 1.82) is 0 Å². The first-order chi connectivity index (χ1) is 39.0. The lowest BCUT2D eigenvalue weighted by Crippen LogP contribution is -2.58. The van der Waals surface area contributed by atoms with Gasteiger partial charge < -0.3 is 41.3 Å². The van der Waals surface area contributed by atoms with E-state index < -0.39 is 0 Å². The molecule has 4 aromatic rings. The summed E-state index contributed by atoms with van der Waals surface area (Å²) in [6.45, 7) is 9.74. The second-order valence-electron chi connectivity index (χ2n) is 30.4. The standard InChI is InChI=1S/C18H24FN.C18H25NO2.2C18H25NO/c1-12-4-17(19)3-2-16(12)11-20-18-8-13-5-14(9-18)7-15(6-13)10-18;1-21-17-7-16(20)3-2-15(17)11-19-18-8-12-4-13(9-18)6-14(5-12)10-18;1-12-4-17(20)3-2-16(12)11-19-18-8-13-5-14(9-18)7-15(6-13)10-18;1-12-16(3-2-4-17(12)20)11-19-18-8-13-5-14(9-18)7-15(6-13)10-18/h2-4,13-15,20H,5-11H2,1H3;2-3,7,12-14,19-20H,4-6,8-11H2,1H3;2*2-4,13-15,19-20H,5-11H2,1H3. The van der Waals surface area contributed by atoms with E-state index in [1.165, 1.54) is 176 Å². The van der Waals surface area contributed by atoms with Gasteiger partial charge in [0.1, 0.15) is 28.8 Å². The van der Waals surface area contributed by atoms with Gasteiger partial charge in [-0.25, -0.2) is 4.39 Å². The third-order valence-electron chi connectivity index (χ3n) is 24.1. The van der Waals surface area contributed by atoms with Gasteiger partial charge in [-0.2, -0.15) is 0 Å². The Hall–Kier alpha value is -4.15. The van der Waals surface area contributed by atoms with E-state index in [0.29, 0.717) is 33.7 Å². The van der Waals surface area contributed by atoms with Crippen LogP contribution in [-0.4, -0.2) is 44.6 Å². The molecule has 16 saturated carbocycles. The Morgan fingerprint density at radius 2 is 0.704 bits per heavy atom. The number of ether oxygens (including phenoxy) is 1. The minimum Gasteiger partial charge on any atom is -0.508 e. The van der Waals surface area contributed by atoms with Gasteiger partial charge in [-0.1, -0.05) is 30.3 Å². The van der Waals surface area contributed by atoms with Crippen LogP contribution in [-0.2, 0) is 26.2 Å². The number of halogens is 1. The smallest absolute Gasteiger partial charge is 0.127 e. The molecule has 7 N–H and O–H groups in total. The van der Waals surface area contributed by atoms with Gasteiger partial charge in [0.05, 0.1) is 7.11 Å². The maximum Gasteiger partial charge on any atom is 0.127 e. The van der Waals surface area contributed by atoms with Crippen molar-refractivity contribution in [2.24, 2.45) is 71.0 Å². The fraction of sp³-hybridized carbons (Fsp3) is 0.667. The highest BCUT2D eigenvalue weighted by Gasteiger charge is 2.54. The number of nitrogens with one attached hydrogen (secondary N) is 4. The van der Waals surface area contributed by atoms with Crippen LogP contribution < -0.4 is 26.0 Å². The van der Waals surface area contributed by atoms with Gasteiger partial charge >= 0.3 is 0 Å². The van der Waals surface area contributed by atoms with E-state index in [-0.39, 0.29) is 11.6 Å². The minimum absolute atomic E-state index is 0.124. The number of phenols is 3. The zero-order chi connectivity index (χ0) is 55.7. The van der Waals surface area contributed by atoms with Crippen molar-refractivity contribution in [2.75, 3.05) is 7.11 Å². The first-order valence-electron chi connectivity index (χ1n) is 32.7. The quantitative estimate of drug-likeness (QED) is 0.0708. The zero-order valence-corrected chi connectivity index (χ0v) is 49.8. The molecule has 0 amide bonds. The molecule has 0 unspecified atom stereocenters. The van der Waals surface area contributed by atoms with Crippen molar-refractivity contribution in [3.05, 3.63) is 118 Å². The third kappa shape index (κ3) is 12.4. The maximum atomic E-state index is 13.2. The monoisotopic (exact) mass is 1100 g/mol. The molecule has 81 heavy (non-hydrogen) atoms. The van der Waals surface area contributed by atoms with Crippen LogP contribution in [0.1, 0.15) is 193 Å². The molecule has 9 heteroatoms. The van der Waals surface area contributed by atoms with E-state index in [2.05, 4.69) is 40.3 Å². The Labute approximate surface area is 485 Å². The van der Waals surface area contributed by atoms with Crippen molar-refractivity contribution >= 4 is 0 Å². The average Bonchev–Trinajstić information content (AvgIpc) is 3.47. The Morgan fingerprint density at radius 3 is 1.05 bits per heavy atom. The normalized spacial score (nSPS) is 38.0. The van der Waals surface area contributed by atoms with Crippen LogP contribution in [0.25, 0.3) is 0 Å². The van der Waals surface area contributed by atoms with Crippen LogP contribution in [0.3, 0.4) is 0 Å². The Balaban J connectivity index is 0.000000102. The highest BCUT2D eigenvalue weighted by atomic mass is 19.1. The topological polar surface area (TPSA) is 118 Å². The van der Waals surface area contributed by atoms with Gasteiger partial charge in [0.25, 0.3) is 0 Å². The number of methoxy groups -OCH3 is 1. The summed E-state index contributed by atoms with van der Waals surface area (Å²) in [5, 5.41) is 44.5. The summed E-state index contributed by atoms with van der Waals surface area (Å²) in [6.07, 6.45) is 34.4. The fourth-order valence-electron chi connectivity index (χ4n) is 21.9. The van der Waals surface area contributed by atoms with Crippen molar-refractivity contribution in [3.63, 3.8) is 0 Å². The van der Waals surface area contributed by atoms with Crippen LogP contribution >= 0.6 is 0 Å². The van der Waals surface area contributed by atoms with Gasteiger partial charge in [-0.05, 0) is 316 Å². The Morgan fingerprint density at radius 1 is 0.395 bits per heavy atom. The lowest BCUT2D eigenvalue weighted by atomic mass is 9.53. The molecule has 8 nitrogen and oxygen atoms in total. The van der Waals surface area contributed by atoms with Gasteiger partial charge in [0, 0.05) is 60.0 Å². The van der Waals surface area contributed by atoms with Crippen molar-refractivity contribution in [3.8, 4) is 23.0 Å². The summed E-state index contributed by atoms with van der Waals surface area (Å²) in [7, 11) is 1.67. The van der Waals surface area contributed by atoms with Gasteiger partial charge in [0.15, 0.2) is 0 Å². The molecular formula is C72H99FN4O4. The average molecular weight is 1100 g/mol. The van der Waals surface area contributed by atoms with Gasteiger partial charge in [-0.15, -0.1) is 0 Å². The number of aromatic hydroxyl groups is 3. The molecule has 0 spiro atoms. The van der Waals surface area contributed by atoms with Gasteiger partial charge in [0.2, 0.25) is 0 Å². The van der Waals surface area contributed by atoms with Crippen LogP contribution in [0.5, 0.6) is 23.0 Å². The van der Waals surface area contributed by atoms with Crippen LogP contribution in [0.15, 0.2) is 72.8 Å². The predicted molar refractivity (Wildman–Crippen MR) is 322 cm³/mol. The molecular weight excluding hydrogens is 1000 g/mol. The summed E-state index contributed by atoms with van der Waals surface area (Å²) in [5.74, 6) is 13.5. The molecule has 0 aromatic heterocycles. The molecule has 16 bridgehead atoms. The van der Waals surface area contributed by atoms with Crippen LogP contribution in [0, 0.1) is 97.6 Å². The molecule has 16 aliphatic carbocycles. The lowest BCUT2D eigenvalue weighted by molar-refractivity contribution is -0.0208. The molecule has 0 aliphatic heterocycles. The third-order valence-corrected chi connectivity index (χ3v) is 24.1. The highest BCUT2D eigenvalue weighted by Crippen LogP contribution is 2.59. The fourth-order valence-corrected chi connectivity index (χ4v) is 21.9. The number of aryl methyl sites for hydroxylation is 2. The summed E-state index contributed by atoms with van der Waals surface area (Å²) in [5.41, 5.74) is 9.89. The molecule has 0 heterocycles. The zero-order valence-electron chi connectivity index (χ0n) is 49.8. The number of rotatable bonds is 13. The van der Waals surface area contributed by atoms with Crippen LogP contribution in [0.4, 0.5) is 4.39 Å². The number of phenolic OH excluding ortho intramolecular Hbond substituents is 3. The second-order valence-corrected chi connectivity index (χ2v) is 30.4. The number of hydrogen-bond donors (Lipinski definition) is 7. The lowest BCUT2D eigenvalue weighted by Gasteiger charge is -2.57. The van der Waals surface area contributed by atoms with Crippen molar-refractivity contribution in [2.45, 2.75) is 223 Å². The molecule has 438 valence electrons. The molecule has 16 fully saturated rings.